The Bertz CT molecular complexity index is 760. The summed E-state index contributed by atoms with van der Waals surface area (Å²) in [6.07, 6.45) is 3.97. The first kappa shape index (κ1) is 23.3. The third-order valence-corrected chi connectivity index (χ3v) is 4.52. The second kappa shape index (κ2) is 10.7. The van der Waals surface area contributed by atoms with E-state index < -0.39 is 11.7 Å². The first-order valence-corrected chi connectivity index (χ1v) is 10.0. The molecule has 1 aromatic rings. The molecule has 1 saturated heterocycles. The number of ether oxygens (including phenoxy) is 2. The lowest BCUT2D eigenvalue weighted by Crippen LogP contribution is -2.49. The third kappa shape index (κ3) is 8.14. The Morgan fingerprint density at radius 3 is 2.33 bits per heavy atom. The van der Waals surface area contributed by atoms with Crippen molar-refractivity contribution in [2.45, 2.75) is 45.3 Å². The van der Waals surface area contributed by atoms with E-state index in [4.69, 9.17) is 9.47 Å². The van der Waals surface area contributed by atoms with Gasteiger partial charge >= 0.3 is 6.09 Å². The predicted octanol–water partition coefficient (Wildman–Crippen LogP) is 2.34. The van der Waals surface area contributed by atoms with Crippen LogP contribution in [0.15, 0.2) is 30.3 Å². The zero-order valence-corrected chi connectivity index (χ0v) is 18.1. The molecular weight excluding hydrogens is 386 g/mol. The minimum absolute atomic E-state index is 0.0147. The lowest BCUT2D eigenvalue weighted by molar-refractivity contribution is -0.131. The van der Waals surface area contributed by atoms with Gasteiger partial charge in [0.25, 0.3) is 0 Å². The highest BCUT2D eigenvalue weighted by Gasteiger charge is 2.24. The second-order valence-electron chi connectivity index (χ2n) is 8.13. The molecule has 0 aromatic heterocycles. The molecule has 0 atom stereocenters. The molecule has 1 heterocycles. The summed E-state index contributed by atoms with van der Waals surface area (Å²) >= 11 is 0. The number of methoxy groups -OCH3 is 1. The molecule has 8 heteroatoms. The van der Waals surface area contributed by atoms with Crippen LogP contribution >= 0.6 is 0 Å². The van der Waals surface area contributed by atoms with Crippen LogP contribution in [0.4, 0.5) is 4.79 Å². The topological polar surface area (TPSA) is 97.0 Å². The van der Waals surface area contributed by atoms with Crippen LogP contribution in [0.3, 0.4) is 0 Å². The molecular formula is C22H31N3O5. The molecule has 2 N–H and O–H groups in total. The van der Waals surface area contributed by atoms with Gasteiger partial charge in [-0.15, -0.1) is 0 Å². The van der Waals surface area contributed by atoms with Crippen molar-refractivity contribution in [1.29, 1.82) is 0 Å². The van der Waals surface area contributed by atoms with Crippen LogP contribution in [0.1, 0.15) is 39.2 Å². The summed E-state index contributed by atoms with van der Waals surface area (Å²) in [7, 11) is 1.61. The lowest BCUT2D eigenvalue weighted by Gasteiger charge is -2.32. The summed E-state index contributed by atoms with van der Waals surface area (Å²) in [5.74, 6) is 0.437. The number of nitrogens with one attached hydrogen (secondary N) is 2. The van der Waals surface area contributed by atoms with Crippen LogP contribution in [0.25, 0.3) is 6.08 Å². The van der Waals surface area contributed by atoms with Crippen molar-refractivity contribution < 1.29 is 23.9 Å². The van der Waals surface area contributed by atoms with Gasteiger partial charge in [0.2, 0.25) is 11.8 Å². The van der Waals surface area contributed by atoms with Crippen molar-refractivity contribution >= 4 is 24.0 Å². The zero-order chi connectivity index (χ0) is 22.1. The lowest BCUT2D eigenvalue weighted by atomic mass is 10.0. The summed E-state index contributed by atoms with van der Waals surface area (Å²) in [4.78, 5) is 37.7. The number of hydrogen-bond acceptors (Lipinski definition) is 5. The largest absolute Gasteiger partial charge is 0.497 e. The average molecular weight is 418 g/mol. The van der Waals surface area contributed by atoms with Gasteiger partial charge in [0.15, 0.2) is 0 Å². The zero-order valence-electron chi connectivity index (χ0n) is 18.1. The smallest absolute Gasteiger partial charge is 0.408 e. The van der Waals surface area contributed by atoms with Crippen LogP contribution in [0, 0.1) is 0 Å². The number of benzene rings is 1. The number of amides is 3. The number of carbonyl (C=O) groups excluding carboxylic acids is 3. The molecule has 1 aliphatic rings. The first-order valence-electron chi connectivity index (χ1n) is 10.0. The summed E-state index contributed by atoms with van der Waals surface area (Å²) < 4.78 is 10.2. The third-order valence-electron chi connectivity index (χ3n) is 4.52. The van der Waals surface area contributed by atoms with Crippen LogP contribution in [-0.2, 0) is 14.3 Å². The van der Waals surface area contributed by atoms with Gasteiger partial charge in [0, 0.05) is 25.2 Å². The Labute approximate surface area is 177 Å². The van der Waals surface area contributed by atoms with E-state index >= 15 is 0 Å². The van der Waals surface area contributed by atoms with Gasteiger partial charge in [-0.3, -0.25) is 9.59 Å². The molecule has 1 aromatic carbocycles. The maximum Gasteiger partial charge on any atom is 0.408 e. The fourth-order valence-corrected chi connectivity index (χ4v) is 2.98. The van der Waals surface area contributed by atoms with Gasteiger partial charge in [0.05, 0.1) is 7.11 Å². The van der Waals surface area contributed by atoms with E-state index in [2.05, 4.69) is 10.6 Å². The van der Waals surface area contributed by atoms with E-state index in [9.17, 15) is 14.4 Å². The molecule has 0 bridgehead atoms. The summed E-state index contributed by atoms with van der Waals surface area (Å²) in [6, 6.07) is 7.43. The summed E-state index contributed by atoms with van der Waals surface area (Å²) in [6.45, 7) is 6.25. The standard InChI is InChI=1S/C22H31N3O5/c1-22(2,3)30-21(28)23-15-20(27)25-13-11-17(12-14-25)24-19(26)10-7-16-5-8-18(29-4)9-6-16/h5-10,17H,11-15H2,1-4H3,(H,23,28)(H,24,26)/b10-7+. The Morgan fingerprint density at radius 2 is 1.77 bits per heavy atom. The average Bonchev–Trinajstić information content (AvgIpc) is 2.70. The minimum atomic E-state index is -0.610. The molecule has 0 saturated carbocycles. The fraction of sp³-hybridized carbons (Fsp3) is 0.500. The van der Waals surface area contributed by atoms with Gasteiger partial charge in [-0.2, -0.15) is 0 Å². The number of alkyl carbamates (subject to hydrolysis) is 1. The molecule has 0 unspecified atom stereocenters. The maximum absolute atomic E-state index is 12.3. The van der Waals surface area contributed by atoms with Gasteiger partial charge in [-0.1, -0.05) is 12.1 Å². The monoisotopic (exact) mass is 417 g/mol. The van der Waals surface area contributed by atoms with E-state index in [0.29, 0.717) is 25.9 Å². The van der Waals surface area contributed by atoms with Crippen molar-refractivity contribution in [1.82, 2.24) is 15.5 Å². The number of nitrogens with zero attached hydrogens (tertiary/aromatic N) is 1. The Kier molecular flexibility index (Phi) is 8.26. The van der Waals surface area contributed by atoms with Gasteiger partial charge in [-0.05, 0) is 57.4 Å². The van der Waals surface area contributed by atoms with Crippen molar-refractivity contribution in [2.75, 3.05) is 26.7 Å². The normalized spacial score (nSPS) is 15.0. The second-order valence-corrected chi connectivity index (χ2v) is 8.13. The molecule has 30 heavy (non-hydrogen) atoms. The molecule has 0 aliphatic carbocycles. The van der Waals surface area contributed by atoms with E-state index in [-0.39, 0.29) is 24.4 Å². The van der Waals surface area contributed by atoms with E-state index in [0.717, 1.165) is 11.3 Å². The first-order chi connectivity index (χ1) is 14.2. The highest BCUT2D eigenvalue weighted by molar-refractivity contribution is 5.92. The van der Waals surface area contributed by atoms with Crippen molar-refractivity contribution in [3.05, 3.63) is 35.9 Å². The summed E-state index contributed by atoms with van der Waals surface area (Å²) in [5.41, 5.74) is 0.301. The molecule has 8 nitrogen and oxygen atoms in total. The Balaban J connectivity index is 1.70. The molecule has 0 spiro atoms. The molecule has 1 aliphatic heterocycles. The van der Waals surface area contributed by atoms with Crippen LogP contribution in [0.2, 0.25) is 0 Å². The quantitative estimate of drug-likeness (QED) is 0.693. The Morgan fingerprint density at radius 1 is 1.13 bits per heavy atom. The molecule has 3 amide bonds. The predicted molar refractivity (Wildman–Crippen MR) is 114 cm³/mol. The molecule has 1 fully saturated rings. The molecule has 0 radical (unpaired) electrons. The maximum atomic E-state index is 12.3. The number of piperidine rings is 1. The van der Waals surface area contributed by atoms with Gasteiger partial charge in [0.1, 0.15) is 17.9 Å². The van der Waals surface area contributed by atoms with Crippen LogP contribution < -0.4 is 15.4 Å². The highest BCUT2D eigenvalue weighted by atomic mass is 16.6. The number of carbonyl (C=O) groups is 3. The number of likely N-dealkylation sites (tertiary alicyclic amines) is 1. The Hall–Kier alpha value is -3.03. The molecule has 2 rings (SSSR count). The molecule has 164 valence electrons. The van der Waals surface area contributed by atoms with Crippen molar-refractivity contribution in [3.63, 3.8) is 0 Å². The fourth-order valence-electron chi connectivity index (χ4n) is 2.98. The van der Waals surface area contributed by atoms with Crippen LogP contribution in [-0.4, -0.2) is 61.2 Å². The van der Waals surface area contributed by atoms with Crippen LogP contribution in [0.5, 0.6) is 5.75 Å². The number of hydrogen-bond donors (Lipinski definition) is 2. The van der Waals surface area contributed by atoms with E-state index in [1.165, 1.54) is 6.08 Å². The van der Waals surface area contributed by atoms with Crippen molar-refractivity contribution in [2.24, 2.45) is 0 Å². The highest BCUT2D eigenvalue weighted by Crippen LogP contribution is 2.13. The summed E-state index contributed by atoms with van der Waals surface area (Å²) in [5, 5.41) is 5.45. The van der Waals surface area contributed by atoms with Gasteiger partial charge < -0.3 is 25.0 Å². The van der Waals surface area contributed by atoms with Crippen molar-refractivity contribution in [3.8, 4) is 5.75 Å². The number of rotatable bonds is 6. The minimum Gasteiger partial charge on any atom is -0.497 e. The van der Waals surface area contributed by atoms with E-state index in [1.807, 2.05) is 24.3 Å². The SMILES string of the molecule is COc1ccc(/C=C/C(=O)NC2CCN(C(=O)CNC(=O)OC(C)(C)C)CC2)cc1. The van der Waals surface area contributed by atoms with Gasteiger partial charge in [-0.25, -0.2) is 4.79 Å². The van der Waals surface area contributed by atoms with E-state index in [1.54, 1.807) is 38.9 Å².